The minimum absolute atomic E-state index is 0.0317. The van der Waals surface area contributed by atoms with E-state index in [4.69, 9.17) is 5.21 Å². The van der Waals surface area contributed by atoms with Crippen LogP contribution in [0.4, 0.5) is 0 Å². The molecule has 0 saturated heterocycles. The number of carbonyl (C=O) groups is 1. The van der Waals surface area contributed by atoms with Crippen molar-refractivity contribution < 1.29 is 10.0 Å². The summed E-state index contributed by atoms with van der Waals surface area (Å²) >= 11 is -1.84. The molecule has 0 heterocycles. The van der Waals surface area contributed by atoms with Crippen LogP contribution in [0, 0.1) is 5.92 Å². The molecular formula is C7H17NO2Sn. The number of amides is 1. The van der Waals surface area contributed by atoms with Gasteiger partial charge in [0.25, 0.3) is 0 Å². The zero-order valence-corrected chi connectivity index (χ0v) is 10.5. The predicted octanol–water partition coefficient (Wildman–Crippen LogP) is 1.47. The summed E-state index contributed by atoms with van der Waals surface area (Å²) in [5.41, 5.74) is 1.68. The van der Waals surface area contributed by atoms with Crippen molar-refractivity contribution in [3.8, 4) is 0 Å². The molecule has 1 unspecified atom stereocenters. The molecule has 0 aromatic rings. The predicted molar refractivity (Wildman–Crippen MR) is 47.2 cm³/mol. The second kappa shape index (κ2) is 4.30. The van der Waals surface area contributed by atoms with Crippen LogP contribution < -0.4 is 5.48 Å². The fourth-order valence-corrected chi connectivity index (χ4v) is 6.89. The van der Waals surface area contributed by atoms with Crippen molar-refractivity contribution in [3.05, 3.63) is 0 Å². The average molecular weight is 266 g/mol. The fourth-order valence-electron chi connectivity index (χ4n) is 1.12. The van der Waals surface area contributed by atoms with Crippen molar-refractivity contribution in [1.29, 1.82) is 0 Å². The summed E-state index contributed by atoms with van der Waals surface area (Å²) in [7, 11) is 0. The van der Waals surface area contributed by atoms with Crippen molar-refractivity contribution in [2.45, 2.75) is 26.2 Å². The Bertz CT molecular complexity index is 142. The molecule has 0 aromatic carbocycles. The third-order valence-corrected chi connectivity index (χ3v) is 6.72. The fraction of sp³-hybridized carbons (Fsp3) is 0.857. The normalized spacial score (nSPS) is 14.3. The first-order valence-corrected chi connectivity index (χ1v) is 14.4. The van der Waals surface area contributed by atoms with Gasteiger partial charge in [-0.3, -0.25) is 0 Å². The number of carbonyl (C=O) groups excluding carboxylic acids is 1. The van der Waals surface area contributed by atoms with E-state index in [0.717, 1.165) is 4.44 Å². The van der Waals surface area contributed by atoms with E-state index in [-0.39, 0.29) is 11.8 Å². The summed E-state index contributed by atoms with van der Waals surface area (Å²) in [5.74, 6) is -0.285. The first-order chi connectivity index (χ1) is 4.87. The molecule has 3 nitrogen and oxygen atoms in total. The molecule has 11 heavy (non-hydrogen) atoms. The van der Waals surface area contributed by atoms with Crippen LogP contribution in [0.1, 0.15) is 6.92 Å². The van der Waals surface area contributed by atoms with Crippen molar-refractivity contribution in [3.63, 3.8) is 0 Å². The topological polar surface area (TPSA) is 49.3 Å². The molecule has 66 valence electrons. The third kappa shape index (κ3) is 5.49. The zero-order valence-electron chi connectivity index (χ0n) is 7.64. The van der Waals surface area contributed by atoms with Crippen molar-refractivity contribution in [2.75, 3.05) is 0 Å². The molecule has 0 aliphatic rings. The molecule has 0 radical (unpaired) electrons. The molecule has 1 amide bonds. The van der Waals surface area contributed by atoms with Gasteiger partial charge in [-0.15, -0.1) is 0 Å². The molecule has 0 spiro atoms. The van der Waals surface area contributed by atoms with Gasteiger partial charge in [-0.25, -0.2) is 0 Å². The van der Waals surface area contributed by atoms with Crippen LogP contribution in [0.15, 0.2) is 0 Å². The van der Waals surface area contributed by atoms with Gasteiger partial charge in [-0.2, -0.15) is 0 Å². The van der Waals surface area contributed by atoms with Crippen LogP contribution in [0.3, 0.4) is 0 Å². The zero-order chi connectivity index (χ0) is 9.07. The Balaban J connectivity index is 3.87. The molecule has 0 fully saturated rings. The number of hydroxylamine groups is 1. The van der Waals surface area contributed by atoms with Gasteiger partial charge in [-0.05, 0) is 0 Å². The van der Waals surface area contributed by atoms with E-state index in [0.29, 0.717) is 0 Å². The molecule has 0 aromatic heterocycles. The molecule has 0 aliphatic carbocycles. The summed E-state index contributed by atoms with van der Waals surface area (Å²) in [6, 6.07) is 0. The molecule has 0 rings (SSSR count). The van der Waals surface area contributed by atoms with Gasteiger partial charge in [-0.1, -0.05) is 0 Å². The van der Waals surface area contributed by atoms with Gasteiger partial charge in [0, 0.05) is 0 Å². The van der Waals surface area contributed by atoms with Gasteiger partial charge >= 0.3 is 71.9 Å². The monoisotopic (exact) mass is 267 g/mol. The minimum atomic E-state index is -1.84. The number of rotatable bonds is 3. The van der Waals surface area contributed by atoms with Crippen LogP contribution in [-0.2, 0) is 4.79 Å². The maximum atomic E-state index is 10.9. The first kappa shape index (κ1) is 11.2. The number of nitrogens with one attached hydrogen (secondary N) is 1. The molecule has 0 saturated carbocycles. The third-order valence-electron chi connectivity index (χ3n) is 1.48. The number of hydrogen-bond donors (Lipinski definition) is 2. The molecular weight excluding hydrogens is 249 g/mol. The molecule has 1 atom stereocenters. The van der Waals surface area contributed by atoms with Gasteiger partial charge in [0.15, 0.2) is 0 Å². The Kier molecular flexibility index (Phi) is 4.39. The van der Waals surface area contributed by atoms with Gasteiger partial charge < -0.3 is 0 Å². The summed E-state index contributed by atoms with van der Waals surface area (Å²) in [6.07, 6.45) is 0. The Morgan fingerprint density at radius 2 is 2.00 bits per heavy atom. The molecule has 0 aliphatic heterocycles. The number of hydrogen-bond acceptors (Lipinski definition) is 2. The van der Waals surface area contributed by atoms with E-state index in [9.17, 15) is 4.79 Å². The Labute approximate surface area is 72.0 Å². The van der Waals surface area contributed by atoms with E-state index < -0.39 is 18.4 Å². The summed E-state index contributed by atoms with van der Waals surface area (Å²) < 4.78 is 0.987. The van der Waals surface area contributed by atoms with Gasteiger partial charge in [0.1, 0.15) is 0 Å². The van der Waals surface area contributed by atoms with Crippen molar-refractivity contribution in [1.82, 2.24) is 5.48 Å². The second-order valence-electron chi connectivity index (χ2n) is 4.14. The van der Waals surface area contributed by atoms with E-state index in [1.807, 2.05) is 6.92 Å². The van der Waals surface area contributed by atoms with E-state index in [1.165, 1.54) is 0 Å². The maximum absolute atomic E-state index is 10.9. The van der Waals surface area contributed by atoms with E-state index >= 15 is 0 Å². The quantitative estimate of drug-likeness (QED) is 0.461. The van der Waals surface area contributed by atoms with E-state index in [1.54, 1.807) is 5.48 Å². The van der Waals surface area contributed by atoms with Crippen LogP contribution in [0.2, 0.25) is 19.3 Å². The van der Waals surface area contributed by atoms with Crippen LogP contribution in [0.25, 0.3) is 0 Å². The SMILES string of the molecule is CC([CH2][Sn]([CH3])([CH3])[CH3])C(=O)NO. The van der Waals surface area contributed by atoms with Crippen LogP contribution >= 0.6 is 0 Å². The summed E-state index contributed by atoms with van der Waals surface area (Å²) in [5, 5.41) is 8.33. The molecule has 0 bridgehead atoms. The first-order valence-electron chi connectivity index (χ1n) is 3.81. The second-order valence-corrected chi connectivity index (χ2v) is 19.9. The standard InChI is InChI=1S/C4H8NO2.3CH3.Sn/c1-3(2)4(6)5-7;;;;/h3,7H,1H2,2H3,(H,5,6);3*1H3;. The Hall–Kier alpha value is 0.229. The van der Waals surface area contributed by atoms with Crippen LogP contribution in [0.5, 0.6) is 0 Å². The summed E-state index contributed by atoms with van der Waals surface area (Å²) in [4.78, 5) is 17.7. The average Bonchev–Trinajstić information content (AvgIpc) is 1.82. The molecule has 2 N–H and O–H groups in total. The van der Waals surface area contributed by atoms with Crippen molar-refractivity contribution in [2.24, 2.45) is 5.92 Å². The Morgan fingerprint density at radius 3 is 2.27 bits per heavy atom. The van der Waals surface area contributed by atoms with E-state index in [2.05, 4.69) is 14.8 Å². The van der Waals surface area contributed by atoms with Gasteiger partial charge in [0.2, 0.25) is 0 Å². The van der Waals surface area contributed by atoms with Crippen LogP contribution in [-0.4, -0.2) is 29.5 Å². The summed E-state index contributed by atoms with van der Waals surface area (Å²) in [6.45, 7) is 1.85. The van der Waals surface area contributed by atoms with Crippen molar-refractivity contribution >= 4 is 24.3 Å². The Morgan fingerprint density at radius 1 is 1.55 bits per heavy atom. The van der Waals surface area contributed by atoms with Gasteiger partial charge in [0.05, 0.1) is 0 Å². The molecule has 4 heteroatoms.